The Hall–Kier alpha value is -2.89. The number of hydrogen-bond donors (Lipinski definition) is 2. The van der Waals surface area contributed by atoms with Gasteiger partial charge in [-0.1, -0.05) is 17.7 Å². The molecule has 0 bridgehead atoms. The third-order valence-corrected chi connectivity index (χ3v) is 3.33. The summed E-state index contributed by atoms with van der Waals surface area (Å²) in [6, 6.07) is 8.68. The van der Waals surface area contributed by atoms with E-state index < -0.39 is 11.8 Å². The van der Waals surface area contributed by atoms with E-state index in [4.69, 9.17) is 4.42 Å². The number of rotatable bonds is 5. The summed E-state index contributed by atoms with van der Waals surface area (Å²) < 4.78 is 4.89. The fourth-order valence-electron chi connectivity index (χ4n) is 2.06. The van der Waals surface area contributed by atoms with Gasteiger partial charge in [-0.15, -0.1) is 0 Å². The standard InChI is InChI=1S/C17H18N2O4/c1-11-5-6-12(2)13(10-11)14(20)7-8-16(21)18-19-17(22)15-4-3-9-23-15/h3-6,9-10H,7-8H2,1-2H3,(H,18,21)(H,19,22). The Morgan fingerprint density at radius 2 is 1.83 bits per heavy atom. The van der Waals surface area contributed by atoms with E-state index in [1.54, 1.807) is 6.07 Å². The first kappa shape index (κ1) is 16.5. The molecule has 0 saturated carbocycles. The quantitative estimate of drug-likeness (QED) is 0.655. The fraction of sp³-hybridized carbons (Fsp3) is 0.235. The van der Waals surface area contributed by atoms with E-state index in [1.807, 2.05) is 32.0 Å². The molecule has 0 radical (unpaired) electrons. The van der Waals surface area contributed by atoms with Gasteiger partial charge in [-0.05, 0) is 37.6 Å². The number of hydrogen-bond acceptors (Lipinski definition) is 4. The Bertz CT molecular complexity index is 720. The number of hydrazine groups is 1. The zero-order valence-electron chi connectivity index (χ0n) is 13.0. The van der Waals surface area contributed by atoms with Crippen molar-refractivity contribution in [3.63, 3.8) is 0 Å². The van der Waals surface area contributed by atoms with Crippen LogP contribution in [0.4, 0.5) is 0 Å². The minimum absolute atomic E-state index is 0.00928. The molecular formula is C17H18N2O4. The molecule has 0 spiro atoms. The maximum absolute atomic E-state index is 12.2. The van der Waals surface area contributed by atoms with Gasteiger partial charge >= 0.3 is 5.91 Å². The lowest BCUT2D eigenvalue weighted by Crippen LogP contribution is -2.41. The van der Waals surface area contributed by atoms with Crippen LogP contribution >= 0.6 is 0 Å². The van der Waals surface area contributed by atoms with E-state index in [9.17, 15) is 14.4 Å². The van der Waals surface area contributed by atoms with Crippen molar-refractivity contribution >= 4 is 17.6 Å². The van der Waals surface area contributed by atoms with E-state index in [0.29, 0.717) is 5.56 Å². The normalized spacial score (nSPS) is 10.2. The van der Waals surface area contributed by atoms with Crippen molar-refractivity contribution in [1.82, 2.24) is 10.9 Å². The highest BCUT2D eigenvalue weighted by Crippen LogP contribution is 2.13. The Morgan fingerprint density at radius 1 is 1.04 bits per heavy atom. The number of aryl methyl sites for hydroxylation is 2. The van der Waals surface area contributed by atoms with Crippen LogP contribution < -0.4 is 10.9 Å². The Morgan fingerprint density at radius 3 is 2.52 bits per heavy atom. The summed E-state index contributed by atoms with van der Waals surface area (Å²) in [4.78, 5) is 35.4. The molecule has 6 nitrogen and oxygen atoms in total. The van der Waals surface area contributed by atoms with Crippen molar-refractivity contribution in [2.45, 2.75) is 26.7 Å². The number of carbonyl (C=O) groups excluding carboxylic acids is 3. The zero-order valence-corrected chi connectivity index (χ0v) is 13.0. The molecule has 120 valence electrons. The highest BCUT2D eigenvalue weighted by atomic mass is 16.3. The first-order valence-electron chi connectivity index (χ1n) is 7.20. The molecule has 2 aromatic rings. The van der Waals surface area contributed by atoms with E-state index in [0.717, 1.165) is 11.1 Å². The van der Waals surface area contributed by atoms with E-state index in [1.165, 1.54) is 12.3 Å². The minimum Gasteiger partial charge on any atom is -0.459 e. The van der Waals surface area contributed by atoms with Crippen molar-refractivity contribution in [3.05, 3.63) is 59.0 Å². The minimum atomic E-state index is -0.552. The van der Waals surface area contributed by atoms with E-state index in [-0.39, 0.29) is 24.4 Å². The van der Waals surface area contributed by atoms with Gasteiger partial charge in [-0.25, -0.2) is 0 Å². The summed E-state index contributed by atoms with van der Waals surface area (Å²) in [5, 5.41) is 0. The average molecular weight is 314 g/mol. The molecule has 1 aromatic heterocycles. The predicted molar refractivity (Wildman–Crippen MR) is 83.8 cm³/mol. The van der Waals surface area contributed by atoms with Gasteiger partial charge in [0.2, 0.25) is 5.91 Å². The molecule has 0 aliphatic heterocycles. The lowest BCUT2D eigenvalue weighted by Gasteiger charge is -2.07. The Kier molecular flexibility index (Phi) is 5.30. The second-order valence-electron chi connectivity index (χ2n) is 5.22. The smallest absolute Gasteiger partial charge is 0.305 e. The van der Waals surface area contributed by atoms with Crippen LogP contribution in [0.15, 0.2) is 41.0 Å². The molecule has 0 unspecified atom stereocenters. The number of carbonyl (C=O) groups is 3. The fourth-order valence-corrected chi connectivity index (χ4v) is 2.06. The molecule has 0 fully saturated rings. The van der Waals surface area contributed by atoms with Crippen molar-refractivity contribution in [2.75, 3.05) is 0 Å². The van der Waals surface area contributed by atoms with Gasteiger partial charge in [-0.2, -0.15) is 0 Å². The third kappa shape index (κ3) is 4.54. The van der Waals surface area contributed by atoms with Gasteiger partial charge in [0, 0.05) is 18.4 Å². The second kappa shape index (κ2) is 7.40. The molecule has 1 heterocycles. The molecule has 0 saturated heterocycles. The lowest BCUT2D eigenvalue weighted by atomic mass is 9.99. The highest BCUT2D eigenvalue weighted by Gasteiger charge is 2.13. The molecular weight excluding hydrogens is 296 g/mol. The average Bonchev–Trinajstić information content (AvgIpc) is 3.07. The molecule has 2 rings (SSSR count). The van der Waals surface area contributed by atoms with Gasteiger partial charge in [0.05, 0.1) is 6.26 Å². The maximum atomic E-state index is 12.2. The molecule has 23 heavy (non-hydrogen) atoms. The summed E-state index contributed by atoms with van der Waals surface area (Å²) in [7, 11) is 0. The van der Waals surface area contributed by atoms with Crippen LogP contribution in [-0.2, 0) is 4.79 Å². The molecule has 6 heteroatoms. The van der Waals surface area contributed by atoms with Crippen molar-refractivity contribution in [2.24, 2.45) is 0 Å². The predicted octanol–water partition coefficient (Wildman–Crippen LogP) is 2.32. The van der Waals surface area contributed by atoms with Crippen LogP contribution in [0, 0.1) is 13.8 Å². The Labute approximate surface area is 133 Å². The topological polar surface area (TPSA) is 88.4 Å². The second-order valence-corrected chi connectivity index (χ2v) is 5.22. The van der Waals surface area contributed by atoms with Gasteiger partial charge < -0.3 is 4.42 Å². The van der Waals surface area contributed by atoms with E-state index in [2.05, 4.69) is 10.9 Å². The first-order valence-corrected chi connectivity index (χ1v) is 7.20. The third-order valence-electron chi connectivity index (χ3n) is 3.33. The summed E-state index contributed by atoms with van der Waals surface area (Å²) >= 11 is 0. The number of Topliss-reactive ketones (excluding diaryl/α,β-unsaturated/α-hetero) is 1. The first-order chi connectivity index (χ1) is 11.0. The summed E-state index contributed by atoms with van der Waals surface area (Å²) in [5.74, 6) is -0.997. The number of nitrogens with one attached hydrogen (secondary N) is 2. The SMILES string of the molecule is Cc1ccc(C)c(C(=O)CCC(=O)NNC(=O)c2ccco2)c1. The molecule has 0 aliphatic rings. The van der Waals surface area contributed by atoms with Crippen LogP contribution in [0.25, 0.3) is 0 Å². The summed E-state index contributed by atoms with van der Waals surface area (Å²) in [5.41, 5.74) is 6.98. The molecule has 2 N–H and O–H groups in total. The summed E-state index contributed by atoms with van der Waals surface area (Å²) in [6.45, 7) is 3.77. The van der Waals surface area contributed by atoms with Crippen molar-refractivity contribution in [3.8, 4) is 0 Å². The summed E-state index contributed by atoms with van der Waals surface area (Å²) in [6.07, 6.45) is 1.43. The van der Waals surface area contributed by atoms with Crippen LogP contribution in [0.2, 0.25) is 0 Å². The maximum Gasteiger partial charge on any atom is 0.305 e. The van der Waals surface area contributed by atoms with Crippen LogP contribution in [0.3, 0.4) is 0 Å². The lowest BCUT2D eigenvalue weighted by molar-refractivity contribution is -0.121. The van der Waals surface area contributed by atoms with Crippen molar-refractivity contribution in [1.29, 1.82) is 0 Å². The largest absolute Gasteiger partial charge is 0.459 e. The zero-order chi connectivity index (χ0) is 16.8. The van der Waals surface area contributed by atoms with Gasteiger partial charge in [0.15, 0.2) is 11.5 Å². The van der Waals surface area contributed by atoms with Gasteiger partial charge in [0.1, 0.15) is 0 Å². The van der Waals surface area contributed by atoms with E-state index >= 15 is 0 Å². The monoisotopic (exact) mass is 314 g/mol. The number of amides is 2. The van der Waals surface area contributed by atoms with Crippen LogP contribution in [0.1, 0.15) is 44.9 Å². The molecule has 1 aromatic carbocycles. The van der Waals surface area contributed by atoms with Gasteiger partial charge in [-0.3, -0.25) is 25.2 Å². The number of ketones is 1. The Balaban J connectivity index is 1.81. The number of furan rings is 1. The van der Waals surface area contributed by atoms with Crippen LogP contribution in [0.5, 0.6) is 0 Å². The molecule has 2 amide bonds. The highest BCUT2D eigenvalue weighted by molar-refractivity contribution is 5.99. The molecule has 0 atom stereocenters. The van der Waals surface area contributed by atoms with Gasteiger partial charge in [0.25, 0.3) is 0 Å². The van der Waals surface area contributed by atoms with Crippen LogP contribution in [-0.4, -0.2) is 17.6 Å². The van der Waals surface area contributed by atoms with Crippen molar-refractivity contribution < 1.29 is 18.8 Å². The molecule has 0 aliphatic carbocycles. The number of benzene rings is 1.